The summed E-state index contributed by atoms with van der Waals surface area (Å²) in [6.07, 6.45) is 4.04. The molecule has 626 valence electrons. The molecule has 9 heterocycles. The molecule has 4 amide bonds. The van der Waals surface area contributed by atoms with Gasteiger partial charge in [0.2, 0.25) is 41.4 Å². The molecular weight excluding hydrogens is 1590 g/mol. The van der Waals surface area contributed by atoms with Gasteiger partial charge < -0.3 is 54.5 Å². The number of nitrogens with one attached hydrogen (secondary N) is 1. The van der Waals surface area contributed by atoms with E-state index in [9.17, 15) is 48.3 Å². The van der Waals surface area contributed by atoms with Crippen molar-refractivity contribution in [2.45, 2.75) is 176 Å². The van der Waals surface area contributed by atoms with E-state index in [1.54, 1.807) is 117 Å². The molecule has 0 saturated carbocycles. The van der Waals surface area contributed by atoms with Crippen LogP contribution in [0.15, 0.2) is 211 Å². The molecule has 30 heteroatoms. The zero-order valence-corrected chi connectivity index (χ0v) is 71.9. The van der Waals surface area contributed by atoms with E-state index in [-0.39, 0.29) is 113 Å². The Morgan fingerprint density at radius 1 is 0.445 bits per heavy atom. The number of nitrogens with two attached hydrogens (primary N) is 1. The van der Waals surface area contributed by atoms with Crippen molar-refractivity contribution in [1.82, 2.24) is 34.0 Å². The lowest BCUT2D eigenvalue weighted by molar-refractivity contribution is -0.154. The van der Waals surface area contributed by atoms with Gasteiger partial charge >= 0.3 is 18.0 Å². The lowest BCUT2D eigenvalue weighted by atomic mass is 9.94. The van der Waals surface area contributed by atoms with Gasteiger partial charge in [0.1, 0.15) is 37.7 Å². The van der Waals surface area contributed by atoms with E-state index < -0.39 is 71.3 Å². The Kier molecular flexibility index (Phi) is 27.1. The lowest BCUT2D eigenvalue weighted by Gasteiger charge is -2.45. The number of ether oxygens (including phenoxy) is 5. The summed E-state index contributed by atoms with van der Waals surface area (Å²) >= 11 is 5.35. The topological polar surface area (TPSA) is 292 Å². The van der Waals surface area contributed by atoms with Crippen molar-refractivity contribution < 1.29 is 57.6 Å². The molecule has 0 radical (unpaired) electrons. The van der Waals surface area contributed by atoms with Crippen LogP contribution in [-0.4, -0.2) is 139 Å². The highest BCUT2D eigenvalue weighted by Gasteiger charge is 2.44. The summed E-state index contributed by atoms with van der Waals surface area (Å²) in [4.78, 5) is 126. The summed E-state index contributed by atoms with van der Waals surface area (Å²) in [5, 5.41) is 19.3. The number of halogens is 1. The number of pyridine rings is 3. The molecule has 0 spiro atoms. The number of nitrogens with zero attached hydrogens (tertiary/aromatic N) is 9. The van der Waals surface area contributed by atoms with Gasteiger partial charge in [-0.2, -0.15) is 0 Å². The van der Waals surface area contributed by atoms with Crippen LogP contribution in [0.1, 0.15) is 190 Å². The number of esters is 2. The highest BCUT2D eigenvalue weighted by molar-refractivity contribution is 7.99. The molecule has 119 heavy (non-hydrogen) atoms. The van der Waals surface area contributed by atoms with Crippen molar-refractivity contribution in [3.05, 3.63) is 280 Å². The number of amides is 4. The average Bonchev–Trinajstić information content (AvgIpc) is 1.68. The zero-order valence-electron chi connectivity index (χ0n) is 68.6. The van der Waals surface area contributed by atoms with Crippen LogP contribution in [-0.2, 0) is 41.1 Å². The first-order valence-electron chi connectivity index (χ1n) is 39.3. The van der Waals surface area contributed by atoms with E-state index in [2.05, 4.69) is 93.1 Å². The summed E-state index contributed by atoms with van der Waals surface area (Å²) in [6.45, 7) is 23.6. The summed E-state index contributed by atoms with van der Waals surface area (Å²) < 4.78 is 32.5. The fraction of sp³-hybridized carbons (Fsp3) is 0.360. The van der Waals surface area contributed by atoms with Gasteiger partial charge in [-0.3, -0.25) is 62.6 Å². The van der Waals surface area contributed by atoms with E-state index in [1.165, 1.54) is 39.8 Å². The number of carbonyl (C=O) groups is 6. The maximum atomic E-state index is 14.0. The number of hydrogen-bond acceptors (Lipinski definition) is 22. The number of alkyl carbamates (subject to hydrolysis) is 1. The minimum absolute atomic E-state index is 0. The standard InChI is InChI=1S/C35H42N4O7S.C30H34N4O5S.C24H23N3O3S.ClH/c1-21(2)28(36-34(43)46-35(5,6)7)33(42)45-20-44-31-26(40)16-17-38-30(31)32(41)37(22(3)4)19-39(38)29-24-13-9-8-12-23(24)18-47-27-15-11-10-14-25(27)29;1-18(2)25(31)30(37)39-17-38-28-23(35)13-14-33-27(28)29(36)32(19(3)4)16-34(33)26-21-10-6-5-9-20(21)15-40-24-12-8-7-11-22(24)26;1-15(2)25-14-27(26-12-11-19(28)23(29)22(26)24(25)30)21-17-8-4-3-7-16(17)13-31-20-10-6-5-9-18(20)21;/h8-17,21-22,28-29H,18-20H2,1-7H3,(H,36,43);5-14,18-19,25-26H,15-17,31H2,1-4H3;3-12,15,21,29H,13-14H2,1-2H3;1H/t28-,29?;25-,26?;;/m00../s1. The van der Waals surface area contributed by atoms with Crippen LogP contribution in [0, 0.1) is 11.8 Å². The molecule has 3 unspecified atom stereocenters. The number of carbonyl (C=O) groups excluding carboxylic acids is 6. The molecule has 6 aliphatic rings. The van der Waals surface area contributed by atoms with Crippen molar-refractivity contribution in [2.24, 2.45) is 17.6 Å². The summed E-state index contributed by atoms with van der Waals surface area (Å²) in [5.41, 5.74) is 14.0. The molecule has 3 aromatic heterocycles. The highest BCUT2D eigenvalue weighted by Crippen LogP contribution is 2.47. The second-order valence-corrected chi connectivity index (χ2v) is 34.9. The van der Waals surface area contributed by atoms with Crippen molar-refractivity contribution in [2.75, 3.05) is 48.6 Å². The number of rotatable bonds is 17. The van der Waals surface area contributed by atoms with Crippen molar-refractivity contribution in [1.29, 1.82) is 0 Å². The maximum Gasteiger partial charge on any atom is 0.408 e. The van der Waals surface area contributed by atoms with Gasteiger partial charge in [-0.1, -0.05) is 155 Å². The number of aromatic nitrogens is 3. The molecule has 0 bridgehead atoms. The number of benzene rings is 6. The first-order chi connectivity index (χ1) is 56.4. The Bertz CT molecular complexity index is 5350. The summed E-state index contributed by atoms with van der Waals surface area (Å²) in [7, 11) is 0. The quantitative estimate of drug-likeness (QED) is 0.0433. The van der Waals surface area contributed by atoms with Gasteiger partial charge in [0, 0.05) is 86.9 Å². The Balaban J connectivity index is 0.000000166. The molecule has 6 aromatic carbocycles. The third-order valence-electron chi connectivity index (χ3n) is 21.2. The highest BCUT2D eigenvalue weighted by atomic mass is 35.5. The van der Waals surface area contributed by atoms with Crippen molar-refractivity contribution in [3.8, 4) is 17.2 Å². The maximum absolute atomic E-state index is 14.0. The van der Waals surface area contributed by atoms with E-state index in [0.29, 0.717) is 13.3 Å². The number of thioether (sulfide) groups is 3. The van der Waals surface area contributed by atoms with E-state index in [4.69, 9.17) is 29.4 Å². The Morgan fingerprint density at radius 2 is 0.765 bits per heavy atom. The van der Waals surface area contributed by atoms with Gasteiger partial charge in [0.15, 0.2) is 22.8 Å². The van der Waals surface area contributed by atoms with Crippen LogP contribution in [0.3, 0.4) is 0 Å². The normalized spacial score (nSPS) is 16.9. The third kappa shape index (κ3) is 18.2. The largest absolute Gasteiger partial charge is 0.502 e. The molecular formula is C89H100ClN11O15S3. The molecule has 9 aromatic rings. The molecule has 5 atom stereocenters. The van der Waals surface area contributed by atoms with Crippen LogP contribution in [0.5, 0.6) is 17.2 Å². The molecule has 6 aliphatic heterocycles. The number of fused-ring (bicyclic) bond motifs is 9. The predicted molar refractivity (Wildman–Crippen MR) is 461 cm³/mol. The first-order valence-corrected chi connectivity index (χ1v) is 42.3. The first kappa shape index (κ1) is 87.2. The molecule has 0 saturated heterocycles. The summed E-state index contributed by atoms with van der Waals surface area (Å²) in [6, 6.07) is 50.7. The fourth-order valence-corrected chi connectivity index (χ4v) is 18.3. The number of aromatic hydroxyl groups is 1. The second-order valence-electron chi connectivity index (χ2n) is 31.8. The van der Waals surface area contributed by atoms with Gasteiger partial charge in [0.05, 0.1) is 18.1 Å². The summed E-state index contributed by atoms with van der Waals surface area (Å²) in [5.74, 6) is -1.36. The van der Waals surface area contributed by atoms with Gasteiger partial charge in [0.25, 0.3) is 17.7 Å². The minimum Gasteiger partial charge on any atom is -0.502 e. The molecule has 4 N–H and O–H groups in total. The Labute approximate surface area is 710 Å². The van der Waals surface area contributed by atoms with Crippen molar-refractivity contribution >= 4 is 83.4 Å². The van der Waals surface area contributed by atoms with Crippen LogP contribution < -0.4 is 51.8 Å². The third-order valence-corrected chi connectivity index (χ3v) is 24.6. The van der Waals surface area contributed by atoms with E-state index in [0.717, 1.165) is 60.4 Å². The van der Waals surface area contributed by atoms with Gasteiger partial charge in [-0.15, -0.1) is 47.7 Å². The smallest absolute Gasteiger partial charge is 0.408 e. The van der Waals surface area contributed by atoms with Gasteiger partial charge in [-0.05, 0) is 142 Å². The second kappa shape index (κ2) is 37.0. The monoisotopic (exact) mass is 1690 g/mol. The molecule has 0 aliphatic carbocycles. The van der Waals surface area contributed by atoms with Crippen LogP contribution in [0.2, 0.25) is 0 Å². The van der Waals surface area contributed by atoms with Crippen LogP contribution >= 0.6 is 47.7 Å². The Morgan fingerprint density at radius 3 is 1.11 bits per heavy atom. The predicted octanol–water partition coefficient (Wildman–Crippen LogP) is 13.4. The number of hydrogen-bond donors (Lipinski definition) is 3. The zero-order chi connectivity index (χ0) is 84.3. The van der Waals surface area contributed by atoms with Crippen molar-refractivity contribution in [3.63, 3.8) is 0 Å². The average molecular weight is 1700 g/mol. The van der Waals surface area contributed by atoms with E-state index >= 15 is 0 Å². The molecule has 26 nitrogen and oxygen atoms in total. The van der Waals surface area contributed by atoms with Crippen LogP contribution in [0.25, 0.3) is 0 Å². The minimum atomic E-state index is -1.03. The van der Waals surface area contributed by atoms with Crippen LogP contribution in [0.4, 0.5) is 4.79 Å². The van der Waals surface area contributed by atoms with E-state index in [1.807, 2.05) is 128 Å². The molecule has 15 rings (SSSR count). The molecule has 0 fully saturated rings. The SMILES string of the molecule is CC(C)N1CN(C2c3ccccc3CSc3ccccc32)n2ccc(=O)c(O)c2C1=O.CC(C)[C@H](N)C(=O)OCOc1c2n(ccc1=O)N(C1c3ccccc3CSc3ccccc31)CN(C(C)C)C2=O.CC(C)[C@H](NC(=O)OC(C)(C)C)C(=O)OCOc1c2n(ccc1=O)N(C1c3ccccc3CSc3ccccc31)CN(C(C)C)C2=O.Cl. The van der Waals surface area contributed by atoms with Gasteiger partial charge in [-0.25, -0.2) is 9.59 Å². The fourth-order valence-electron chi connectivity index (χ4n) is 15.1. The Hall–Kier alpha value is -11.1. The lowest BCUT2D eigenvalue weighted by Crippen LogP contribution is -2.57.